The third-order valence-corrected chi connectivity index (χ3v) is 3.93. The molecule has 1 N–H and O–H groups in total. The molecule has 1 aliphatic rings. The molecule has 0 spiro atoms. The first-order valence-corrected chi connectivity index (χ1v) is 7.00. The molecule has 1 fully saturated rings. The molecule has 4 heteroatoms. The van der Waals surface area contributed by atoms with Crippen molar-refractivity contribution < 1.29 is 9.90 Å². The van der Waals surface area contributed by atoms with Gasteiger partial charge in [0.1, 0.15) is 5.82 Å². The minimum atomic E-state index is -0.874. The number of aromatic nitrogens is 1. The molecule has 0 radical (unpaired) electrons. The van der Waals surface area contributed by atoms with Crippen molar-refractivity contribution in [2.75, 3.05) is 18.0 Å². The van der Waals surface area contributed by atoms with Gasteiger partial charge in [0.05, 0.1) is 5.56 Å². The van der Waals surface area contributed by atoms with Crippen LogP contribution in [0.4, 0.5) is 5.82 Å². The van der Waals surface area contributed by atoms with Crippen molar-refractivity contribution in [3.63, 3.8) is 0 Å². The molecule has 1 aromatic rings. The highest BCUT2D eigenvalue weighted by molar-refractivity contribution is 5.88. The van der Waals surface area contributed by atoms with Gasteiger partial charge < -0.3 is 10.0 Å². The molecule has 104 valence electrons. The minimum Gasteiger partial charge on any atom is -0.478 e. The normalized spacial score (nSPS) is 22.8. The number of carbonyl (C=O) groups is 1. The molecular weight excluding hydrogens is 240 g/mol. The number of aromatic carboxylic acids is 1. The number of carboxylic acids is 1. The first kappa shape index (κ1) is 13.8. The van der Waals surface area contributed by atoms with E-state index >= 15 is 0 Å². The lowest BCUT2D eigenvalue weighted by Crippen LogP contribution is -2.22. The van der Waals surface area contributed by atoms with Crippen LogP contribution in [0.3, 0.4) is 0 Å². The predicted molar refractivity (Wildman–Crippen MR) is 75.7 cm³/mol. The van der Waals surface area contributed by atoms with E-state index in [0.717, 1.165) is 37.4 Å². The SMILES string of the molecule is CCCc1cc(C(=O)O)cc(N2CC(C)C(C)C2)n1. The molecule has 0 aromatic carbocycles. The third-order valence-electron chi connectivity index (χ3n) is 3.93. The van der Waals surface area contributed by atoms with E-state index in [1.54, 1.807) is 12.1 Å². The molecule has 1 aliphatic heterocycles. The third kappa shape index (κ3) is 3.06. The van der Waals surface area contributed by atoms with Gasteiger partial charge in [0.25, 0.3) is 0 Å². The van der Waals surface area contributed by atoms with Gasteiger partial charge >= 0.3 is 5.97 Å². The Morgan fingerprint density at radius 1 is 1.37 bits per heavy atom. The number of rotatable bonds is 4. The van der Waals surface area contributed by atoms with Crippen LogP contribution in [0, 0.1) is 11.8 Å². The van der Waals surface area contributed by atoms with Crippen LogP contribution in [-0.4, -0.2) is 29.1 Å². The monoisotopic (exact) mass is 262 g/mol. The van der Waals surface area contributed by atoms with Crippen LogP contribution in [0.2, 0.25) is 0 Å². The number of hydrogen-bond donors (Lipinski definition) is 1. The van der Waals surface area contributed by atoms with Gasteiger partial charge in [-0.25, -0.2) is 9.78 Å². The van der Waals surface area contributed by atoms with E-state index in [-0.39, 0.29) is 0 Å². The summed E-state index contributed by atoms with van der Waals surface area (Å²) < 4.78 is 0. The molecule has 0 saturated carbocycles. The van der Waals surface area contributed by atoms with Crippen LogP contribution < -0.4 is 4.90 Å². The molecule has 2 heterocycles. The maximum absolute atomic E-state index is 11.2. The van der Waals surface area contributed by atoms with Crippen molar-refractivity contribution in [2.24, 2.45) is 11.8 Å². The Morgan fingerprint density at radius 3 is 2.53 bits per heavy atom. The predicted octanol–water partition coefficient (Wildman–Crippen LogP) is 2.82. The average molecular weight is 262 g/mol. The fourth-order valence-corrected chi connectivity index (χ4v) is 2.56. The Hall–Kier alpha value is -1.58. The lowest BCUT2D eigenvalue weighted by Gasteiger charge is -2.18. The molecule has 2 unspecified atom stereocenters. The Balaban J connectivity index is 2.31. The molecule has 19 heavy (non-hydrogen) atoms. The number of nitrogens with zero attached hydrogens (tertiary/aromatic N) is 2. The van der Waals surface area contributed by atoms with Gasteiger partial charge in [-0.1, -0.05) is 27.2 Å². The highest BCUT2D eigenvalue weighted by Crippen LogP contribution is 2.27. The molecule has 1 aromatic heterocycles. The maximum Gasteiger partial charge on any atom is 0.335 e. The maximum atomic E-state index is 11.2. The quantitative estimate of drug-likeness (QED) is 0.906. The average Bonchev–Trinajstić information content (AvgIpc) is 2.70. The summed E-state index contributed by atoms with van der Waals surface area (Å²) >= 11 is 0. The van der Waals surface area contributed by atoms with E-state index in [4.69, 9.17) is 0 Å². The van der Waals surface area contributed by atoms with E-state index in [2.05, 4.69) is 30.7 Å². The number of hydrogen-bond acceptors (Lipinski definition) is 3. The summed E-state index contributed by atoms with van der Waals surface area (Å²) in [5.41, 5.74) is 1.23. The van der Waals surface area contributed by atoms with Gasteiger partial charge in [0.2, 0.25) is 0 Å². The molecule has 2 atom stereocenters. The van der Waals surface area contributed by atoms with Crippen LogP contribution in [-0.2, 0) is 6.42 Å². The van der Waals surface area contributed by atoms with Gasteiger partial charge in [-0.05, 0) is 30.4 Å². The van der Waals surface area contributed by atoms with Crippen LogP contribution in [0.25, 0.3) is 0 Å². The van der Waals surface area contributed by atoms with E-state index in [9.17, 15) is 9.90 Å². The largest absolute Gasteiger partial charge is 0.478 e. The number of pyridine rings is 1. The minimum absolute atomic E-state index is 0.348. The Bertz CT molecular complexity index is 463. The summed E-state index contributed by atoms with van der Waals surface area (Å²) in [6.45, 7) is 8.47. The summed E-state index contributed by atoms with van der Waals surface area (Å²) in [7, 11) is 0. The van der Waals surface area contributed by atoms with Gasteiger partial charge in [-0.15, -0.1) is 0 Å². The molecule has 2 rings (SSSR count). The van der Waals surface area contributed by atoms with Crippen molar-refractivity contribution >= 4 is 11.8 Å². The summed E-state index contributed by atoms with van der Waals surface area (Å²) in [4.78, 5) is 18.0. The van der Waals surface area contributed by atoms with Gasteiger partial charge in [0, 0.05) is 18.8 Å². The Kier molecular flexibility index (Phi) is 4.08. The number of carboxylic acid groups (broad SMARTS) is 1. The molecule has 0 aliphatic carbocycles. The standard InChI is InChI=1S/C15H22N2O2/c1-4-5-13-6-12(15(18)19)7-14(16-13)17-8-10(2)11(3)9-17/h6-7,10-11H,4-5,8-9H2,1-3H3,(H,18,19). The summed E-state index contributed by atoms with van der Waals surface area (Å²) in [5, 5.41) is 9.20. The Labute approximate surface area is 114 Å². The zero-order valence-electron chi connectivity index (χ0n) is 11.9. The second-order valence-electron chi connectivity index (χ2n) is 5.62. The van der Waals surface area contributed by atoms with Crippen LogP contribution in [0.5, 0.6) is 0 Å². The topological polar surface area (TPSA) is 53.4 Å². The van der Waals surface area contributed by atoms with E-state index < -0.39 is 5.97 Å². The van der Waals surface area contributed by atoms with Gasteiger partial charge in [0.15, 0.2) is 0 Å². The van der Waals surface area contributed by atoms with E-state index in [1.807, 2.05) is 0 Å². The van der Waals surface area contributed by atoms with E-state index in [1.165, 1.54) is 0 Å². The zero-order chi connectivity index (χ0) is 14.0. The van der Waals surface area contributed by atoms with Crippen LogP contribution in [0.1, 0.15) is 43.2 Å². The van der Waals surface area contributed by atoms with Crippen molar-refractivity contribution in [2.45, 2.75) is 33.6 Å². The zero-order valence-corrected chi connectivity index (χ0v) is 11.9. The lowest BCUT2D eigenvalue weighted by atomic mass is 10.0. The lowest BCUT2D eigenvalue weighted by molar-refractivity contribution is 0.0696. The van der Waals surface area contributed by atoms with Gasteiger partial charge in [-0.3, -0.25) is 0 Å². The highest BCUT2D eigenvalue weighted by atomic mass is 16.4. The Morgan fingerprint density at radius 2 is 2.00 bits per heavy atom. The van der Waals surface area contributed by atoms with Crippen LogP contribution in [0.15, 0.2) is 12.1 Å². The smallest absolute Gasteiger partial charge is 0.335 e. The van der Waals surface area contributed by atoms with Crippen molar-refractivity contribution in [3.8, 4) is 0 Å². The van der Waals surface area contributed by atoms with Crippen molar-refractivity contribution in [1.29, 1.82) is 0 Å². The summed E-state index contributed by atoms with van der Waals surface area (Å²) in [5.74, 6) is 1.20. The highest BCUT2D eigenvalue weighted by Gasteiger charge is 2.27. The fourth-order valence-electron chi connectivity index (χ4n) is 2.56. The number of aryl methyl sites for hydroxylation is 1. The summed E-state index contributed by atoms with van der Waals surface area (Å²) in [6.07, 6.45) is 1.80. The van der Waals surface area contributed by atoms with Crippen molar-refractivity contribution in [3.05, 3.63) is 23.4 Å². The van der Waals surface area contributed by atoms with Crippen LogP contribution >= 0.6 is 0 Å². The first-order chi connectivity index (χ1) is 9.01. The van der Waals surface area contributed by atoms with Gasteiger partial charge in [-0.2, -0.15) is 0 Å². The molecule has 1 saturated heterocycles. The summed E-state index contributed by atoms with van der Waals surface area (Å²) in [6, 6.07) is 3.39. The van der Waals surface area contributed by atoms with Crippen molar-refractivity contribution in [1.82, 2.24) is 4.98 Å². The molecule has 4 nitrogen and oxygen atoms in total. The van der Waals surface area contributed by atoms with E-state index in [0.29, 0.717) is 17.4 Å². The second-order valence-corrected chi connectivity index (χ2v) is 5.62. The fraction of sp³-hybridized carbons (Fsp3) is 0.600. The molecule has 0 amide bonds. The molecule has 0 bridgehead atoms. The second kappa shape index (κ2) is 5.59. The first-order valence-electron chi connectivity index (χ1n) is 7.00. The molecular formula is C15H22N2O2. The number of anilines is 1.